The highest BCUT2D eigenvalue weighted by Gasteiger charge is 2.37. The molecule has 0 heterocycles. The van der Waals surface area contributed by atoms with Crippen LogP contribution in [0.3, 0.4) is 0 Å². The molecule has 2 saturated carbocycles. The fraction of sp³-hybridized carbons (Fsp3) is 1.00. The molecule has 0 aliphatic heterocycles. The first-order valence-electron chi connectivity index (χ1n) is 9.36. The van der Waals surface area contributed by atoms with Crippen LogP contribution in [0.1, 0.15) is 72.6 Å². The molecule has 2 aliphatic rings. The van der Waals surface area contributed by atoms with Crippen LogP contribution in [0.25, 0.3) is 0 Å². The highest BCUT2D eigenvalue weighted by atomic mass is 14.8. The molecule has 0 radical (unpaired) electrons. The molecule has 0 aromatic carbocycles. The largest absolute Gasteiger partial charge is 0.317 e. The fourth-order valence-corrected chi connectivity index (χ4v) is 4.87. The standard InChI is InChI=1S/C19H37N/c1-5-16-8-10-18(13-20-6-2)19(12-16)17-9-7-14(3)15(4)11-17/h14-20H,5-13H2,1-4H3. The number of hydrogen-bond acceptors (Lipinski definition) is 1. The van der Waals surface area contributed by atoms with E-state index in [1.54, 1.807) is 0 Å². The molecule has 118 valence electrons. The first kappa shape index (κ1) is 16.3. The Bertz CT molecular complexity index is 275. The Hall–Kier alpha value is -0.0400. The summed E-state index contributed by atoms with van der Waals surface area (Å²) in [5.74, 6) is 5.94. The molecule has 2 aliphatic carbocycles. The van der Waals surface area contributed by atoms with Gasteiger partial charge < -0.3 is 5.32 Å². The van der Waals surface area contributed by atoms with Crippen molar-refractivity contribution in [3.8, 4) is 0 Å². The number of rotatable bonds is 5. The van der Waals surface area contributed by atoms with Gasteiger partial charge in [-0.2, -0.15) is 0 Å². The Labute approximate surface area is 127 Å². The first-order valence-corrected chi connectivity index (χ1v) is 9.36. The van der Waals surface area contributed by atoms with Crippen LogP contribution < -0.4 is 5.32 Å². The van der Waals surface area contributed by atoms with Gasteiger partial charge in [0, 0.05) is 0 Å². The average Bonchev–Trinajstić information content (AvgIpc) is 2.48. The summed E-state index contributed by atoms with van der Waals surface area (Å²) in [6.45, 7) is 12.0. The zero-order chi connectivity index (χ0) is 14.5. The van der Waals surface area contributed by atoms with Crippen LogP contribution in [0, 0.1) is 35.5 Å². The summed E-state index contributed by atoms with van der Waals surface area (Å²) < 4.78 is 0. The lowest BCUT2D eigenvalue weighted by Crippen LogP contribution is -2.39. The molecule has 0 bridgehead atoms. The van der Waals surface area contributed by atoms with Crippen molar-refractivity contribution in [2.24, 2.45) is 35.5 Å². The molecular formula is C19H37N. The van der Waals surface area contributed by atoms with Crippen LogP contribution in [-0.4, -0.2) is 13.1 Å². The van der Waals surface area contributed by atoms with E-state index < -0.39 is 0 Å². The van der Waals surface area contributed by atoms with Gasteiger partial charge in [-0.3, -0.25) is 0 Å². The van der Waals surface area contributed by atoms with Crippen molar-refractivity contribution >= 4 is 0 Å². The van der Waals surface area contributed by atoms with Crippen LogP contribution in [0.5, 0.6) is 0 Å². The monoisotopic (exact) mass is 279 g/mol. The zero-order valence-corrected chi connectivity index (χ0v) is 14.3. The van der Waals surface area contributed by atoms with Gasteiger partial charge in [0.2, 0.25) is 0 Å². The van der Waals surface area contributed by atoms with Crippen LogP contribution in [0.15, 0.2) is 0 Å². The second-order valence-electron chi connectivity index (χ2n) is 7.85. The van der Waals surface area contributed by atoms with Crippen molar-refractivity contribution in [1.82, 2.24) is 5.32 Å². The van der Waals surface area contributed by atoms with Gasteiger partial charge in [-0.15, -0.1) is 0 Å². The highest BCUT2D eigenvalue weighted by Crippen LogP contribution is 2.46. The molecule has 2 fully saturated rings. The van der Waals surface area contributed by atoms with E-state index >= 15 is 0 Å². The Balaban J connectivity index is 1.98. The summed E-state index contributed by atoms with van der Waals surface area (Å²) in [5.41, 5.74) is 0. The predicted octanol–water partition coefficient (Wildman–Crippen LogP) is 5.11. The van der Waals surface area contributed by atoms with Crippen LogP contribution in [0.4, 0.5) is 0 Å². The molecule has 2 rings (SSSR count). The topological polar surface area (TPSA) is 12.0 Å². The Morgan fingerprint density at radius 2 is 1.70 bits per heavy atom. The van der Waals surface area contributed by atoms with Gasteiger partial charge in [0.25, 0.3) is 0 Å². The van der Waals surface area contributed by atoms with Gasteiger partial charge in [-0.05, 0) is 74.3 Å². The molecule has 1 nitrogen and oxygen atoms in total. The van der Waals surface area contributed by atoms with E-state index in [2.05, 4.69) is 33.0 Å². The van der Waals surface area contributed by atoms with Gasteiger partial charge in [0.15, 0.2) is 0 Å². The lowest BCUT2D eigenvalue weighted by Gasteiger charge is -2.44. The molecule has 1 N–H and O–H groups in total. The minimum Gasteiger partial charge on any atom is -0.317 e. The average molecular weight is 280 g/mol. The van der Waals surface area contributed by atoms with Gasteiger partial charge in [0.05, 0.1) is 0 Å². The van der Waals surface area contributed by atoms with Crippen LogP contribution >= 0.6 is 0 Å². The lowest BCUT2D eigenvalue weighted by molar-refractivity contribution is 0.0658. The molecule has 6 unspecified atom stereocenters. The molecule has 0 aromatic heterocycles. The second kappa shape index (κ2) is 7.82. The molecule has 0 saturated heterocycles. The Morgan fingerprint density at radius 3 is 2.35 bits per heavy atom. The molecule has 20 heavy (non-hydrogen) atoms. The van der Waals surface area contributed by atoms with Gasteiger partial charge >= 0.3 is 0 Å². The normalized spacial score (nSPS) is 42.6. The summed E-state index contributed by atoms with van der Waals surface area (Å²) in [4.78, 5) is 0. The van der Waals surface area contributed by atoms with Crippen LogP contribution in [-0.2, 0) is 0 Å². The number of nitrogens with one attached hydrogen (secondary N) is 1. The molecule has 0 amide bonds. The summed E-state index contributed by atoms with van der Waals surface area (Å²) in [6.07, 6.45) is 10.4. The maximum atomic E-state index is 3.64. The van der Waals surface area contributed by atoms with E-state index in [9.17, 15) is 0 Å². The van der Waals surface area contributed by atoms with Crippen molar-refractivity contribution in [3.05, 3.63) is 0 Å². The van der Waals surface area contributed by atoms with E-state index in [0.717, 1.165) is 42.1 Å². The van der Waals surface area contributed by atoms with Crippen molar-refractivity contribution in [2.45, 2.75) is 72.6 Å². The quantitative estimate of drug-likeness (QED) is 0.737. The van der Waals surface area contributed by atoms with E-state index in [1.807, 2.05) is 0 Å². The summed E-state index contributed by atoms with van der Waals surface area (Å²) >= 11 is 0. The molecule has 0 spiro atoms. The lowest BCUT2D eigenvalue weighted by atomic mass is 9.62. The number of hydrogen-bond donors (Lipinski definition) is 1. The minimum atomic E-state index is 0.954. The van der Waals surface area contributed by atoms with Gasteiger partial charge in [-0.25, -0.2) is 0 Å². The van der Waals surface area contributed by atoms with Gasteiger partial charge in [-0.1, -0.05) is 47.0 Å². The SMILES string of the molecule is CCNCC1CCC(CC)CC1C1CCC(C)C(C)C1. The third-order valence-electron chi connectivity index (χ3n) is 6.63. The zero-order valence-electron chi connectivity index (χ0n) is 14.3. The highest BCUT2D eigenvalue weighted by molar-refractivity contribution is 4.88. The van der Waals surface area contributed by atoms with Gasteiger partial charge in [0.1, 0.15) is 0 Å². The Kier molecular flexibility index (Phi) is 6.39. The third kappa shape index (κ3) is 4.00. The maximum absolute atomic E-state index is 3.64. The third-order valence-corrected chi connectivity index (χ3v) is 6.63. The smallest absolute Gasteiger partial charge is 0.00179 e. The predicted molar refractivity (Wildman–Crippen MR) is 88.8 cm³/mol. The summed E-state index contributed by atoms with van der Waals surface area (Å²) in [6, 6.07) is 0. The first-order chi connectivity index (χ1) is 9.65. The molecule has 0 aromatic rings. The van der Waals surface area contributed by atoms with E-state index in [-0.39, 0.29) is 0 Å². The van der Waals surface area contributed by atoms with Crippen molar-refractivity contribution in [2.75, 3.05) is 13.1 Å². The van der Waals surface area contributed by atoms with E-state index in [4.69, 9.17) is 0 Å². The van der Waals surface area contributed by atoms with Crippen LogP contribution in [0.2, 0.25) is 0 Å². The maximum Gasteiger partial charge on any atom is -0.00179 e. The minimum absolute atomic E-state index is 0.954. The second-order valence-corrected chi connectivity index (χ2v) is 7.85. The molecular weight excluding hydrogens is 242 g/mol. The van der Waals surface area contributed by atoms with Crippen molar-refractivity contribution in [3.63, 3.8) is 0 Å². The Morgan fingerprint density at radius 1 is 0.900 bits per heavy atom. The molecule has 6 atom stereocenters. The summed E-state index contributed by atoms with van der Waals surface area (Å²) in [5, 5.41) is 3.64. The van der Waals surface area contributed by atoms with E-state index in [1.165, 1.54) is 51.5 Å². The summed E-state index contributed by atoms with van der Waals surface area (Å²) in [7, 11) is 0. The molecule has 1 heteroatoms. The van der Waals surface area contributed by atoms with E-state index in [0.29, 0.717) is 0 Å². The van der Waals surface area contributed by atoms with Crippen molar-refractivity contribution < 1.29 is 0 Å². The fourth-order valence-electron chi connectivity index (χ4n) is 4.87. The van der Waals surface area contributed by atoms with Crippen molar-refractivity contribution in [1.29, 1.82) is 0 Å².